The molecule has 0 spiro atoms. The Kier molecular flexibility index (Phi) is 3.83. The van der Waals surface area contributed by atoms with Crippen molar-refractivity contribution in [1.29, 1.82) is 0 Å². The number of nitrogens with zero attached hydrogens (tertiary/aromatic N) is 1. The van der Waals surface area contributed by atoms with Crippen LogP contribution in [0, 0.1) is 0 Å². The van der Waals surface area contributed by atoms with Crippen molar-refractivity contribution in [3.05, 3.63) is 52.0 Å². The Morgan fingerprint density at radius 1 is 1.26 bits per heavy atom. The predicted molar refractivity (Wildman–Crippen MR) is 94.8 cm³/mol. The molecule has 2 heterocycles. The zero-order valence-corrected chi connectivity index (χ0v) is 14.7. The summed E-state index contributed by atoms with van der Waals surface area (Å²) in [6, 6.07) is 11.9. The van der Waals surface area contributed by atoms with Crippen molar-refractivity contribution in [2.75, 3.05) is 11.4 Å². The normalized spacial score (nSPS) is 18.5. The second-order valence-electron chi connectivity index (χ2n) is 5.71. The van der Waals surface area contributed by atoms with Gasteiger partial charge < -0.3 is 9.64 Å². The maximum atomic E-state index is 12.9. The average Bonchev–Trinajstić information content (AvgIpc) is 3.16. The van der Waals surface area contributed by atoms with Gasteiger partial charge >= 0.3 is 0 Å². The zero-order valence-electron chi connectivity index (χ0n) is 12.3. The summed E-state index contributed by atoms with van der Waals surface area (Å²) in [6.45, 7) is 0.701. The van der Waals surface area contributed by atoms with Crippen LogP contribution in [0.5, 0.6) is 5.75 Å². The quantitative estimate of drug-likeness (QED) is 0.799. The molecule has 23 heavy (non-hydrogen) atoms. The van der Waals surface area contributed by atoms with Gasteiger partial charge in [0.2, 0.25) is 0 Å². The summed E-state index contributed by atoms with van der Waals surface area (Å²) in [5.41, 5.74) is 3.23. The highest BCUT2D eigenvalue weighted by Gasteiger charge is 2.35. The minimum Gasteiger partial charge on any atom is -0.480 e. The van der Waals surface area contributed by atoms with Crippen LogP contribution in [-0.2, 0) is 17.6 Å². The van der Waals surface area contributed by atoms with Crippen LogP contribution in [0.1, 0.15) is 11.1 Å². The molecule has 6 heteroatoms. The lowest BCUT2D eigenvalue weighted by atomic mass is 10.1. The molecule has 0 fully saturated rings. The SMILES string of the molecule is NSc1ccc2c(c1)N(C(=O)C1Cc3ccc(Br)cc3O1)CC2. The molecule has 0 bridgehead atoms. The van der Waals surface area contributed by atoms with Gasteiger partial charge in [0.05, 0.1) is 0 Å². The maximum Gasteiger partial charge on any atom is 0.268 e. The molecule has 2 aromatic carbocycles. The van der Waals surface area contributed by atoms with Gasteiger partial charge in [-0.1, -0.05) is 28.1 Å². The largest absolute Gasteiger partial charge is 0.480 e. The van der Waals surface area contributed by atoms with E-state index in [2.05, 4.69) is 22.0 Å². The van der Waals surface area contributed by atoms with Crippen molar-refractivity contribution in [2.45, 2.75) is 23.8 Å². The Bertz CT molecular complexity index is 796. The first-order chi connectivity index (χ1) is 11.2. The lowest BCUT2D eigenvalue weighted by Gasteiger charge is -2.21. The van der Waals surface area contributed by atoms with Crippen LogP contribution < -0.4 is 14.8 Å². The molecule has 2 aromatic rings. The average molecular weight is 391 g/mol. The summed E-state index contributed by atoms with van der Waals surface area (Å²) in [7, 11) is 0. The van der Waals surface area contributed by atoms with E-state index in [-0.39, 0.29) is 5.91 Å². The van der Waals surface area contributed by atoms with Gasteiger partial charge in [0.1, 0.15) is 5.75 Å². The van der Waals surface area contributed by atoms with Gasteiger partial charge in [-0.15, -0.1) is 0 Å². The lowest BCUT2D eigenvalue weighted by molar-refractivity contribution is -0.124. The highest BCUT2D eigenvalue weighted by atomic mass is 79.9. The van der Waals surface area contributed by atoms with E-state index in [9.17, 15) is 4.79 Å². The van der Waals surface area contributed by atoms with Crippen molar-refractivity contribution in [1.82, 2.24) is 0 Å². The molecule has 1 unspecified atom stereocenters. The van der Waals surface area contributed by atoms with E-state index in [1.807, 2.05) is 35.2 Å². The summed E-state index contributed by atoms with van der Waals surface area (Å²) in [4.78, 5) is 15.7. The van der Waals surface area contributed by atoms with Gasteiger partial charge in [0.25, 0.3) is 5.91 Å². The van der Waals surface area contributed by atoms with Crippen LogP contribution in [0.3, 0.4) is 0 Å². The van der Waals surface area contributed by atoms with Gasteiger partial charge in [-0.05, 0) is 53.8 Å². The van der Waals surface area contributed by atoms with Gasteiger partial charge in [0, 0.05) is 28.0 Å². The van der Waals surface area contributed by atoms with Crippen molar-refractivity contribution in [2.24, 2.45) is 5.14 Å². The lowest BCUT2D eigenvalue weighted by Crippen LogP contribution is -2.40. The van der Waals surface area contributed by atoms with Crippen molar-refractivity contribution in [3.8, 4) is 5.75 Å². The number of nitrogens with two attached hydrogens (primary N) is 1. The highest BCUT2D eigenvalue weighted by Crippen LogP contribution is 2.35. The molecule has 2 aliphatic heterocycles. The van der Waals surface area contributed by atoms with Gasteiger partial charge in [-0.2, -0.15) is 0 Å². The van der Waals surface area contributed by atoms with Crippen molar-refractivity contribution >= 4 is 39.5 Å². The number of amides is 1. The number of anilines is 1. The minimum absolute atomic E-state index is 0.0234. The summed E-state index contributed by atoms with van der Waals surface area (Å²) >= 11 is 4.63. The number of ether oxygens (including phenoxy) is 1. The van der Waals surface area contributed by atoms with Crippen LogP contribution in [0.4, 0.5) is 5.69 Å². The molecule has 0 radical (unpaired) electrons. The van der Waals surface area contributed by atoms with E-state index in [4.69, 9.17) is 9.88 Å². The molecule has 0 aliphatic carbocycles. The van der Waals surface area contributed by atoms with Crippen LogP contribution >= 0.6 is 27.9 Å². The third-order valence-corrected chi connectivity index (χ3v) is 5.35. The predicted octanol–water partition coefficient (Wildman–Crippen LogP) is 3.31. The number of carbonyl (C=O) groups excluding carboxylic acids is 1. The molecular weight excluding hydrogens is 376 g/mol. The molecule has 1 amide bonds. The van der Waals surface area contributed by atoms with Crippen molar-refractivity contribution < 1.29 is 9.53 Å². The van der Waals surface area contributed by atoms with E-state index >= 15 is 0 Å². The fraction of sp³-hybridized carbons (Fsp3) is 0.235. The Labute approximate surface area is 147 Å². The summed E-state index contributed by atoms with van der Waals surface area (Å²) in [6.07, 6.45) is 1.06. The molecule has 1 atom stereocenters. The number of halogens is 1. The molecule has 118 valence electrons. The molecule has 2 aliphatic rings. The molecule has 0 saturated heterocycles. The van der Waals surface area contributed by atoms with E-state index in [1.54, 1.807) is 0 Å². The standard InChI is InChI=1S/C17H15BrN2O2S/c18-12-3-1-11-7-16(22-15(11)8-12)17(21)20-6-5-10-2-4-13(23-19)9-14(10)20/h1-4,8-9,16H,5-7,19H2. The third kappa shape index (κ3) is 2.65. The Morgan fingerprint density at radius 2 is 2.09 bits per heavy atom. The zero-order chi connectivity index (χ0) is 16.0. The minimum atomic E-state index is -0.445. The van der Waals surface area contributed by atoms with Crippen LogP contribution in [-0.4, -0.2) is 18.6 Å². The summed E-state index contributed by atoms with van der Waals surface area (Å²) < 4.78 is 6.84. The fourth-order valence-electron chi connectivity index (χ4n) is 3.17. The first kappa shape index (κ1) is 15.1. The second-order valence-corrected chi connectivity index (χ2v) is 7.33. The fourth-order valence-corrected chi connectivity index (χ4v) is 3.84. The summed E-state index contributed by atoms with van der Waals surface area (Å²) in [5, 5.41) is 5.64. The molecule has 0 aromatic heterocycles. The summed E-state index contributed by atoms with van der Waals surface area (Å²) in [5.74, 6) is 0.818. The van der Waals surface area contributed by atoms with Gasteiger partial charge in [0.15, 0.2) is 6.10 Å². The first-order valence-electron chi connectivity index (χ1n) is 7.42. The number of benzene rings is 2. The molecular formula is C17H15BrN2O2S. The Balaban J connectivity index is 1.58. The van der Waals surface area contributed by atoms with Crippen LogP contribution in [0.2, 0.25) is 0 Å². The molecule has 2 N–H and O–H groups in total. The smallest absolute Gasteiger partial charge is 0.268 e. The van der Waals surface area contributed by atoms with E-state index in [0.717, 1.165) is 32.8 Å². The first-order valence-corrected chi connectivity index (χ1v) is 9.09. The van der Waals surface area contributed by atoms with Gasteiger partial charge in [-0.25, -0.2) is 0 Å². The van der Waals surface area contributed by atoms with Crippen LogP contribution in [0.15, 0.2) is 45.8 Å². The number of hydrogen-bond donors (Lipinski definition) is 1. The van der Waals surface area contributed by atoms with E-state index in [1.165, 1.54) is 17.5 Å². The Hall–Kier alpha value is -1.50. The maximum absolute atomic E-state index is 12.9. The van der Waals surface area contributed by atoms with Gasteiger partial charge in [-0.3, -0.25) is 9.93 Å². The Morgan fingerprint density at radius 3 is 2.91 bits per heavy atom. The number of rotatable bonds is 2. The topological polar surface area (TPSA) is 55.6 Å². The number of hydrogen-bond acceptors (Lipinski definition) is 4. The van der Waals surface area contributed by atoms with E-state index < -0.39 is 6.10 Å². The highest BCUT2D eigenvalue weighted by molar-refractivity contribution is 9.10. The molecule has 4 rings (SSSR count). The van der Waals surface area contributed by atoms with E-state index in [0.29, 0.717) is 13.0 Å². The second kappa shape index (κ2) is 5.85. The third-order valence-electron chi connectivity index (χ3n) is 4.33. The number of carbonyl (C=O) groups is 1. The molecule has 4 nitrogen and oxygen atoms in total. The monoisotopic (exact) mass is 390 g/mol. The number of fused-ring (bicyclic) bond motifs is 2. The van der Waals surface area contributed by atoms with Crippen molar-refractivity contribution in [3.63, 3.8) is 0 Å². The van der Waals surface area contributed by atoms with Crippen LogP contribution in [0.25, 0.3) is 0 Å². The molecule has 0 saturated carbocycles.